The summed E-state index contributed by atoms with van der Waals surface area (Å²) in [4.78, 5) is 35.0. The van der Waals surface area contributed by atoms with E-state index in [2.05, 4.69) is 0 Å². The van der Waals surface area contributed by atoms with Gasteiger partial charge in [0.05, 0.1) is 11.5 Å². The lowest BCUT2D eigenvalue weighted by molar-refractivity contribution is -0.385. The number of carboxylic acid groups (broad SMARTS) is 1. The number of hydrogen-bond acceptors (Lipinski definition) is 5. The van der Waals surface area contributed by atoms with Crippen LogP contribution in [0, 0.1) is 10.1 Å². The van der Waals surface area contributed by atoms with Crippen LogP contribution in [-0.2, 0) is 9.53 Å². The molecule has 0 heterocycles. The Kier molecular flexibility index (Phi) is 6.65. The zero-order chi connectivity index (χ0) is 17.6. The fraction of sp³-hybridized carbons (Fsp3) is 0.467. The van der Waals surface area contributed by atoms with Crippen molar-refractivity contribution in [3.05, 3.63) is 39.4 Å². The van der Waals surface area contributed by atoms with Gasteiger partial charge in [-0.25, -0.2) is 0 Å². The fourth-order valence-electron chi connectivity index (χ4n) is 2.12. The number of benzene rings is 1. The molecule has 0 radical (unpaired) electrons. The van der Waals surface area contributed by atoms with Crippen LogP contribution in [0.25, 0.3) is 0 Å². The van der Waals surface area contributed by atoms with E-state index >= 15 is 0 Å². The maximum absolute atomic E-state index is 12.4. The number of carboxylic acids is 1. The summed E-state index contributed by atoms with van der Waals surface area (Å²) >= 11 is 0. The topological polar surface area (TPSA) is 110 Å². The molecule has 0 aliphatic carbocycles. The number of hydrogen-bond donors (Lipinski definition) is 1. The van der Waals surface area contributed by atoms with E-state index in [4.69, 9.17) is 9.84 Å². The Morgan fingerprint density at radius 1 is 1.39 bits per heavy atom. The minimum absolute atomic E-state index is 0.0665. The number of ether oxygens (including phenoxy) is 1. The van der Waals surface area contributed by atoms with Gasteiger partial charge < -0.3 is 14.7 Å². The van der Waals surface area contributed by atoms with Crippen LogP contribution >= 0.6 is 0 Å². The number of rotatable bonds is 8. The highest BCUT2D eigenvalue weighted by Gasteiger charge is 2.23. The molecule has 1 amide bonds. The lowest BCUT2D eigenvalue weighted by atomic mass is 9.99. The number of aliphatic carboxylic acids is 1. The Morgan fingerprint density at radius 2 is 2.04 bits per heavy atom. The van der Waals surface area contributed by atoms with E-state index < -0.39 is 23.3 Å². The zero-order valence-corrected chi connectivity index (χ0v) is 13.3. The van der Waals surface area contributed by atoms with E-state index in [1.165, 1.54) is 25.3 Å². The standard InChI is InChI=1S/C15H20N2O6/c1-10(2)12-5-4-11(8-13(12)17(21)22)15(20)16(6-7-23-3)9-14(18)19/h4-5,8,10H,6-7,9H2,1-3H3,(H,18,19). The van der Waals surface area contributed by atoms with Crippen molar-refractivity contribution in [3.63, 3.8) is 0 Å². The van der Waals surface area contributed by atoms with E-state index in [1.54, 1.807) is 0 Å². The largest absolute Gasteiger partial charge is 0.480 e. The molecule has 1 aromatic rings. The molecule has 0 saturated carbocycles. The summed E-state index contributed by atoms with van der Waals surface area (Å²) in [6, 6.07) is 4.21. The zero-order valence-electron chi connectivity index (χ0n) is 13.3. The molecule has 8 nitrogen and oxygen atoms in total. The second-order valence-electron chi connectivity index (χ2n) is 5.30. The van der Waals surface area contributed by atoms with Crippen LogP contribution in [0.2, 0.25) is 0 Å². The van der Waals surface area contributed by atoms with Crippen molar-refractivity contribution in [1.82, 2.24) is 4.90 Å². The van der Waals surface area contributed by atoms with Gasteiger partial charge in [0.15, 0.2) is 0 Å². The molecule has 0 atom stereocenters. The lowest BCUT2D eigenvalue weighted by Crippen LogP contribution is -2.38. The molecule has 0 aliphatic rings. The van der Waals surface area contributed by atoms with Gasteiger partial charge in [-0.2, -0.15) is 0 Å². The van der Waals surface area contributed by atoms with Crippen molar-refractivity contribution in [1.29, 1.82) is 0 Å². The third-order valence-electron chi connectivity index (χ3n) is 3.27. The molecule has 0 saturated heterocycles. The molecule has 23 heavy (non-hydrogen) atoms. The Bertz CT molecular complexity index is 600. The first-order chi connectivity index (χ1) is 10.8. The number of carbonyl (C=O) groups excluding carboxylic acids is 1. The minimum atomic E-state index is -1.16. The maximum atomic E-state index is 12.4. The van der Waals surface area contributed by atoms with Crippen molar-refractivity contribution >= 4 is 17.6 Å². The van der Waals surface area contributed by atoms with Crippen molar-refractivity contribution < 1.29 is 24.4 Å². The number of amides is 1. The number of methoxy groups -OCH3 is 1. The predicted molar refractivity (Wildman–Crippen MR) is 82.6 cm³/mol. The van der Waals surface area contributed by atoms with Crippen molar-refractivity contribution in [2.75, 3.05) is 26.8 Å². The van der Waals surface area contributed by atoms with Gasteiger partial charge >= 0.3 is 5.97 Å². The SMILES string of the molecule is COCCN(CC(=O)O)C(=O)c1ccc(C(C)C)c([N+](=O)[O-])c1. The number of nitro groups is 1. The molecule has 1 N–H and O–H groups in total. The first kappa shape index (κ1) is 18.6. The van der Waals surface area contributed by atoms with Gasteiger partial charge in [0.25, 0.3) is 11.6 Å². The molecule has 0 aromatic heterocycles. The predicted octanol–water partition coefficient (Wildman–Crippen LogP) is 1.89. The average Bonchev–Trinajstić information content (AvgIpc) is 2.49. The van der Waals surface area contributed by atoms with Gasteiger partial charge in [0.2, 0.25) is 0 Å². The van der Waals surface area contributed by atoms with Gasteiger partial charge in [0.1, 0.15) is 6.54 Å². The second-order valence-corrected chi connectivity index (χ2v) is 5.30. The van der Waals surface area contributed by atoms with Crippen LogP contribution in [0.3, 0.4) is 0 Å². The Morgan fingerprint density at radius 3 is 2.52 bits per heavy atom. The molecule has 0 aliphatic heterocycles. The molecule has 1 aromatic carbocycles. The van der Waals surface area contributed by atoms with Crippen molar-refractivity contribution in [2.45, 2.75) is 19.8 Å². The van der Waals surface area contributed by atoms with Crippen LogP contribution in [0.4, 0.5) is 5.69 Å². The maximum Gasteiger partial charge on any atom is 0.323 e. The molecule has 1 rings (SSSR count). The van der Waals surface area contributed by atoms with Gasteiger partial charge in [-0.05, 0) is 12.0 Å². The first-order valence-corrected chi connectivity index (χ1v) is 7.06. The van der Waals surface area contributed by atoms with Crippen LogP contribution in [0.5, 0.6) is 0 Å². The van der Waals surface area contributed by atoms with Crippen LogP contribution in [0.1, 0.15) is 35.7 Å². The number of nitro benzene ring substituents is 1. The first-order valence-electron chi connectivity index (χ1n) is 7.06. The molecule has 8 heteroatoms. The monoisotopic (exact) mass is 324 g/mol. The van der Waals surface area contributed by atoms with Crippen LogP contribution in [-0.4, -0.2) is 53.6 Å². The van der Waals surface area contributed by atoms with Gasteiger partial charge in [-0.3, -0.25) is 19.7 Å². The summed E-state index contributed by atoms with van der Waals surface area (Å²) < 4.78 is 4.86. The molecule has 0 unspecified atom stereocenters. The smallest absolute Gasteiger partial charge is 0.323 e. The van der Waals surface area contributed by atoms with Crippen LogP contribution in [0.15, 0.2) is 18.2 Å². The third-order valence-corrected chi connectivity index (χ3v) is 3.27. The Balaban J connectivity index is 3.16. The highest BCUT2D eigenvalue weighted by atomic mass is 16.6. The molecule has 0 bridgehead atoms. The summed E-state index contributed by atoms with van der Waals surface area (Å²) in [7, 11) is 1.44. The van der Waals surface area contributed by atoms with Crippen molar-refractivity contribution in [2.24, 2.45) is 0 Å². The summed E-state index contributed by atoms with van der Waals surface area (Å²) in [5.74, 6) is -1.81. The highest BCUT2D eigenvalue weighted by Crippen LogP contribution is 2.27. The summed E-state index contributed by atoms with van der Waals surface area (Å²) in [5, 5.41) is 20.1. The normalized spacial score (nSPS) is 10.6. The van der Waals surface area contributed by atoms with Gasteiger partial charge in [-0.1, -0.05) is 19.9 Å². The van der Waals surface area contributed by atoms with Gasteiger partial charge in [-0.15, -0.1) is 0 Å². The third kappa shape index (κ3) is 5.03. The van der Waals surface area contributed by atoms with Crippen molar-refractivity contribution in [3.8, 4) is 0 Å². The molecule has 126 valence electrons. The lowest BCUT2D eigenvalue weighted by Gasteiger charge is -2.20. The molecular weight excluding hydrogens is 304 g/mol. The van der Waals surface area contributed by atoms with Gasteiger partial charge in [0, 0.05) is 30.8 Å². The minimum Gasteiger partial charge on any atom is -0.480 e. The van der Waals surface area contributed by atoms with E-state index in [0.717, 1.165) is 4.90 Å². The molecular formula is C15H20N2O6. The summed E-state index contributed by atoms with van der Waals surface area (Å²) in [5.41, 5.74) is 0.458. The molecule has 0 fully saturated rings. The van der Waals surface area contributed by atoms with E-state index in [-0.39, 0.29) is 30.3 Å². The number of nitrogens with zero attached hydrogens (tertiary/aromatic N) is 2. The van der Waals surface area contributed by atoms with E-state index in [9.17, 15) is 19.7 Å². The highest BCUT2D eigenvalue weighted by molar-refractivity contribution is 5.96. The summed E-state index contributed by atoms with van der Waals surface area (Å²) in [6.45, 7) is 3.40. The fourth-order valence-corrected chi connectivity index (χ4v) is 2.12. The second kappa shape index (κ2) is 8.23. The average molecular weight is 324 g/mol. The quantitative estimate of drug-likeness (QED) is 0.577. The molecule has 0 spiro atoms. The van der Waals surface area contributed by atoms with E-state index in [1.807, 2.05) is 13.8 Å². The summed E-state index contributed by atoms with van der Waals surface area (Å²) in [6.07, 6.45) is 0. The van der Waals surface area contributed by atoms with Crippen LogP contribution < -0.4 is 0 Å². The Labute approximate surface area is 133 Å². The van der Waals surface area contributed by atoms with E-state index in [0.29, 0.717) is 5.56 Å². The Hall–Kier alpha value is -2.48. The number of carbonyl (C=O) groups is 2.